The number of aromatic nitrogens is 2. The molecule has 1 aromatic carbocycles. The molecule has 1 aromatic heterocycles. The molecule has 0 saturated heterocycles. The fraction of sp³-hybridized carbons (Fsp3) is 0.600. The molecule has 170 valence electrons. The van der Waals surface area contributed by atoms with Crippen LogP contribution in [0.5, 0.6) is 0 Å². The van der Waals surface area contributed by atoms with Crippen LogP contribution in [0.1, 0.15) is 61.5 Å². The van der Waals surface area contributed by atoms with E-state index in [1.54, 1.807) is 0 Å². The lowest BCUT2D eigenvalue weighted by molar-refractivity contribution is 0.105. The molecular weight excluding hydrogens is 386 g/mol. The van der Waals surface area contributed by atoms with E-state index in [1.807, 2.05) is 13.1 Å². The summed E-state index contributed by atoms with van der Waals surface area (Å²) in [7, 11) is 1.84. The number of nitrogens with zero attached hydrogens (tertiary/aromatic N) is 3. The molecule has 0 radical (unpaired) electrons. The van der Waals surface area contributed by atoms with Gasteiger partial charge in [0.15, 0.2) is 5.96 Å². The van der Waals surface area contributed by atoms with Crippen molar-refractivity contribution in [2.45, 2.75) is 66.0 Å². The van der Waals surface area contributed by atoms with Gasteiger partial charge < -0.3 is 15.4 Å². The Balaban J connectivity index is 1.57. The van der Waals surface area contributed by atoms with Crippen LogP contribution in [-0.4, -0.2) is 42.5 Å². The third kappa shape index (κ3) is 6.33. The van der Waals surface area contributed by atoms with Crippen molar-refractivity contribution in [2.75, 3.05) is 26.8 Å². The highest BCUT2D eigenvalue weighted by molar-refractivity contribution is 5.79. The third-order valence-corrected chi connectivity index (χ3v) is 6.64. The molecule has 1 aliphatic carbocycles. The lowest BCUT2D eigenvalue weighted by Gasteiger charge is -2.30. The zero-order valence-electron chi connectivity index (χ0n) is 19.7. The van der Waals surface area contributed by atoms with Crippen molar-refractivity contribution in [3.8, 4) is 0 Å². The van der Waals surface area contributed by atoms with Crippen molar-refractivity contribution in [3.05, 3.63) is 52.8 Å². The molecule has 6 heteroatoms. The predicted octanol–water partition coefficient (Wildman–Crippen LogP) is 4.20. The van der Waals surface area contributed by atoms with Gasteiger partial charge in [0, 0.05) is 44.6 Å². The van der Waals surface area contributed by atoms with Gasteiger partial charge in [0.25, 0.3) is 0 Å². The second-order valence-electron chi connectivity index (χ2n) is 8.73. The molecule has 0 bridgehead atoms. The SMILES string of the molecule is CCOCCC1(CNC(=NC)NCc2c(C)nn(Cc3ccccc3)c2C)CCCC1. The molecule has 1 aliphatic rings. The number of rotatable bonds is 10. The average molecular weight is 426 g/mol. The minimum atomic E-state index is 0.333. The minimum Gasteiger partial charge on any atom is -0.382 e. The fourth-order valence-electron chi connectivity index (χ4n) is 4.64. The molecule has 1 saturated carbocycles. The van der Waals surface area contributed by atoms with E-state index in [0.29, 0.717) is 5.41 Å². The summed E-state index contributed by atoms with van der Waals surface area (Å²) in [5.41, 5.74) is 5.11. The van der Waals surface area contributed by atoms with Crippen molar-refractivity contribution in [2.24, 2.45) is 10.4 Å². The Kier molecular flexibility index (Phi) is 8.52. The van der Waals surface area contributed by atoms with E-state index in [1.165, 1.54) is 42.5 Å². The number of guanidine groups is 1. The second kappa shape index (κ2) is 11.3. The number of nitrogens with one attached hydrogen (secondary N) is 2. The number of ether oxygens (including phenoxy) is 1. The molecule has 0 unspecified atom stereocenters. The van der Waals surface area contributed by atoms with Gasteiger partial charge in [-0.25, -0.2) is 0 Å². The van der Waals surface area contributed by atoms with E-state index in [-0.39, 0.29) is 0 Å². The molecule has 31 heavy (non-hydrogen) atoms. The number of aryl methyl sites for hydroxylation is 1. The number of aliphatic imine (C=N–C) groups is 1. The quantitative estimate of drug-likeness (QED) is 0.340. The minimum absolute atomic E-state index is 0.333. The highest BCUT2D eigenvalue weighted by atomic mass is 16.5. The zero-order valence-corrected chi connectivity index (χ0v) is 19.7. The Hall–Kier alpha value is -2.34. The fourth-order valence-corrected chi connectivity index (χ4v) is 4.64. The molecule has 1 heterocycles. The van der Waals surface area contributed by atoms with Crippen LogP contribution in [0.2, 0.25) is 0 Å². The largest absolute Gasteiger partial charge is 0.382 e. The Labute approximate surface area is 187 Å². The summed E-state index contributed by atoms with van der Waals surface area (Å²) in [5.74, 6) is 0.859. The molecule has 6 nitrogen and oxygen atoms in total. The Morgan fingerprint density at radius 1 is 1.16 bits per heavy atom. The van der Waals surface area contributed by atoms with Crippen molar-refractivity contribution < 1.29 is 4.74 Å². The summed E-state index contributed by atoms with van der Waals surface area (Å²) in [6.45, 7) is 10.4. The smallest absolute Gasteiger partial charge is 0.191 e. The van der Waals surface area contributed by atoms with Gasteiger partial charge in [-0.1, -0.05) is 43.2 Å². The first-order chi connectivity index (χ1) is 15.1. The summed E-state index contributed by atoms with van der Waals surface area (Å²) in [5, 5.41) is 11.9. The van der Waals surface area contributed by atoms with Crippen molar-refractivity contribution in [1.29, 1.82) is 0 Å². The molecule has 2 aromatic rings. The predicted molar refractivity (Wildman–Crippen MR) is 127 cm³/mol. The van der Waals surface area contributed by atoms with Crippen LogP contribution < -0.4 is 10.6 Å². The summed E-state index contributed by atoms with van der Waals surface area (Å²) in [6, 6.07) is 10.5. The van der Waals surface area contributed by atoms with E-state index in [9.17, 15) is 0 Å². The van der Waals surface area contributed by atoms with E-state index in [2.05, 4.69) is 65.3 Å². The van der Waals surface area contributed by atoms with Gasteiger partial charge in [-0.3, -0.25) is 9.67 Å². The summed E-state index contributed by atoms with van der Waals surface area (Å²) in [4.78, 5) is 4.46. The average Bonchev–Trinajstić information content (AvgIpc) is 3.35. The van der Waals surface area contributed by atoms with Crippen LogP contribution in [0.25, 0.3) is 0 Å². The first-order valence-corrected chi connectivity index (χ1v) is 11.7. The molecule has 0 atom stereocenters. The summed E-state index contributed by atoms with van der Waals surface area (Å²) in [6.07, 6.45) is 6.30. The normalized spacial score (nSPS) is 15.9. The molecule has 1 fully saturated rings. The lowest BCUT2D eigenvalue weighted by atomic mass is 9.83. The molecule has 3 rings (SSSR count). The van der Waals surface area contributed by atoms with Crippen LogP contribution in [0, 0.1) is 19.3 Å². The number of benzene rings is 1. The van der Waals surface area contributed by atoms with Crippen LogP contribution in [0.4, 0.5) is 0 Å². The van der Waals surface area contributed by atoms with Crippen LogP contribution in [0.15, 0.2) is 35.3 Å². The molecular formula is C25H39N5O. The second-order valence-corrected chi connectivity index (χ2v) is 8.73. The summed E-state index contributed by atoms with van der Waals surface area (Å²) < 4.78 is 7.74. The maximum Gasteiger partial charge on any atom is 0.191 e. The van der Waals surface area contributed by atoms with Crippen molar-refractivity contribution >= 4 is 5.96 Å². The van der Waals surface area contributed by atoms with Gasteiger partial charge in [-0.2, -0.15) is 5.10 Å². The Bertz CT molecular complexity index is 837. The molecule has 2 N–H and O–H groups in total. The third-order valence-electron chi connectivity index (χ3n) is 6.64. The first-order valence-electron chi connectivity index (χ1n) is 11.7. The zero-order chi connectivity index (χ0) is 22.1. The summed E-state index contributed by atoms with van der Waals surface area (Å²) >= 11 is 0. The Morgan fingerprint density at radius 3 is 2.58 bits per heavy atom. The van der Waals surface area contributed by atoms with E-state index in [0.717, 1.165) is 50.9 Å². The van der Waals surface area contributed by atoms with Crippen molar-refractivity contribution in [3.63, 3.8) is 0 Å². The lowest BCUT2D eigenvalue weighted by Crippen LogP contribution is -2.43. The van der Waals surface area contributed by atoms with Gasteiger partial charge in [-0.05, 0) is 51.0 Å². The van der Waals surface area contributed by atoms with E-state index >= 15 is 0 Å². The molecule has 0 amide bonds. The van der Waals surface area contributed by atoms with Gasteiger partial charge >= 0.3 is 0 Å². The van der Waals surface area contributed by atoms with Crippen LogP contribution in [-0.2, 0) is 17.8 Å². The Morgan fingerprint density at radius 2 is 1.90 bits per heavy atom. The standard InChI is InChI=1S/C25H39N5O/c1-5-31-16-15-25(13-9-10-14-25)19-28-24(26-4)27-17-23-20(2)29-30(21(23)3)18-22-11-7-6-8-12-22/h6-8,11-12H,5,9-10,13-19H2,1-4H3,(H2,26,27,28). The van der Waals surface area contributed by atoms with E-state index in [4.69, 9.17) is 9.84 Å². The van der Waals surface area contributed by atoms with Gasteiger partial charge in [0.2, 0.25) is 0 Å². The van der Waals surface area contributed by atoms with E-state index < -0.39 is 0 Å². The van der Waals surface area contributed by atoms with Gasteiger partial charge in [-0.15, -0.1) is 0 Å². The van der Waals surface area contributed by atoms with Gasteiger partial charge in [0.05, 0.1) is 12.2 Å². The maximum absolute atomic E-state index is 5.65. The van der Waals surface area contributed by atoms with Crippen LogP contribution >= 0.6 is 0 Å². The van der Waals surface area contributed by atoms with Gasteiger partial charge in [0.1, 0.15) is 0 Å². The highest BCUT2D eigenvalue weighted by Crippen LogP contribution is 2.40. The number of hydrogen-bond acceptors (Lipinski definition) is 3. The molecule has 0 aliphatic heterocycles. The topological polar surface area (TPSA) is 63.5 Å². The molecule has 0 spiro atoms. The highest BCUT2D eigenvalue weighted by Gasteiger charge is 2.33. The van der Waals surface area contributed by atoms with Crippen molar-refractivity contribution in [1.82, 2.24) is 20.4 Å². The maximum atomic E-state index is 5.65. The number of hydrogen-bond donors (Lipinski definition) is 2. The first kappa shape index (κ1) is 23.3. The van der Waals surface area contributed by atoms with Crippen LogP contribution in [0.3, 0.4) is 0 Å². The monoisotopic (exact) mass is 425 g/mol.